The molecular formula is C14H14N2O2. The third-order valence-corrected chi connectivity index (χ3v) is 2.49. The summed E-state index contributed by atoms with van der Waals surface area (Å²) in [5.41, 5.74) is 1.70. The molecule has 4 nitrogen and oxygen atoms in total. The zero-order valence-electron chi connectivity index (χ0n) is 9.84. The quantitative estimate of drug-likeness (QED) is 0.856. The summed E-state index contributed by atoms with van der Waals surface area (Å²) in [6, 6.07) is 12.2. The summed E-state index contributed by atoms with van der Waals surface area (Å²) in [4.78, 5) is 15.8. The van der Waals surface area contributed by atoms with E-state index >= 15 is 0 Å². The fourth-order valence-corrected chi connectivity index (χ4v) is 1.55. The van der Waals surface area contributed by atoms with Crippen molar-refractivity contribution in [1.29, 1.82) is 0 Å². The van der Waals surface area contributed by atoms with Gasteiger partial charge in [-0.1, -0.05) is 18.2 Å². The van der Waals surface area contributed by atoms with Gasteiger partial charge in [0.05, 0.1) is 18.7 Å². The lowest BCUT2D eigenvalue weighted by Gasteiger charge is -2.05. The first kappa shape index (κ1) is 12.1. The van der Waals surface area contributed by atoms with E-state index in [2.05, 4.69) is 10.3 Å². The molecule has 1 aromatic heterocycles. The van der Waals surface area contributed by atoms with E-state index in [9.17, 15) is 4.79 Å². The largest absolute Gasteiger partial charge is 0.508 e. The van der Waals surface area contributed by atoms with Crippen LogP contribution in [0.1, 0.15) is 11.3 Å². The fraction of sp³-hybridized carbons (Fsp3) is 0.143. The van der Waals surface area contributed by atoms with Gasteiger partial charge in [-0.05, 0) is 29.8 Å². The average molecular weight is 242 g/mol. The molecule has 2 aromatic rings. The van der Waals surface area contributed by atoms with Gasteiger partial charge < -0.3 is 10.4 Å². The van der Waals surface area contributed by atoms with Crippen LogP contribution in [0.3, 0.4) is 0 Å². The van der Waals surface area contributed by atoms with Crippen molar-refractivity contribution in [3.05, 3.63) is 59.9 Å². The Hall–Kier alpha value is -2.36. The van der Waals surface area contributed by atoms with Crippen molar-refractivity contribution in [2.75, 3.05) is 0 Å². The number of aromatic hydroxyl groups is 1. The van der Waals surface area contributed by atoms with Gasteiger partial charge in [0.1, 0.15) is 5.75 Å². The van der Waals surface area contributed by atoms with Gasteiger partial charge in [0.2, 0.25) is 5.91 Å². The lowest BCUT2D eigenvalue weighted by molar-refractivity contribution is -0.120. The summed E-state index contributed by atoms with van der Waals surface area (Å²) < 4.78 is 0. The number of nitrogens with one attached hydrogen (secondary N) is 1. The summed E-state index contributed by atoms with van der Waals surface area (Å²) in [6.07, 6.45) is 1.99. The van der Waals surface area contributed by atoms with Crippen LogP contribution in [-0.4, -0.2) is 16.0 Å². The minimum atomic E-state index is -0.0636. The molecule has 0 radical (unpaired) electrons. The highest BCUT2D eigenvalue weighted by Gasteiger charge is 2.03. The standard InChI is InChI=1S/C14H14N2O2/c17-13-6-4-11(5-7-13)9-14(18)16-10-12-3-1-2-8-15-12/h1-8,17H,9-10H2,(H,16,18). The second-order valence-electron chi connectivity index (χ2n) is 3.94. The molecule has 0 aliphatic carbocycles. The molecule has 0 saturated heterocycles. The van der Waals surface area contributed by atoms with Crippen LogP contribution < -0.4 is 5.32 Å². The van der Waals surface area contributed by atoms with E-state index in [0.717, 1.165) is 11.3 Å². The van der Waals surface area contributed by atoms with E-state index in [1.165, 1.54) is 0 Å². The zero-order valence-corrected chi connectivity index (χ0v) is 9.84. The summed E-state index contributed by atoms with van der Waals surface area (Å²) >= 11 is 0. The molecule has 1 heterocycles. The number of amides is 1. The van der Waals surface area contributed by atoms with Crippen LogP contribution in [-0.2, 0) is 17.8 Å². The van der Waals surface area contributed by atoms with Gasteiger partial charge in [0.15, 0.2) is 0 Å². The lowest BCUT2D eigenvalue weighted by Crippen LogP contribution is -2.24. The van der Waals surface area contributed by atoms with Gasteiger partial charge in [-0.3, -0.25) is 9.78 Å². The molecule has 2 rings (SSSR count). The number of hydrogen-bond acceptors (Lipinski definition) is 3. The Morgan fingerprint density at radius 3 is 2.61 bits per heavy atom. The third kappa shape index (κ3) is 3.59. The lowest BCUT2D eigenvalue weighted by atomic mass is 10.1. The number of hydrogen-bond donors (Lipinski definition) is 2. The SMILES string of the molecule is O=C(Cc1ccc(O)cc1)NCc1ccccn1. The van der Waals surface area contributed by atoms with Gasteiger partial charge in [-0.15, -0.1) is 0 Å². The van der Waals surface area contributed by atoms with Gasteiger partial charge in [0.25, 0.3) is 0 Å². The number of pyridine rings is 1. The molecule has 4 heteroatoms. The number of aromatic nitrogens is 1. The number of nitrogens with zero attached hydrogens (tertiary/aromatic N) is 1. The minimum Gasteiger partial charge on any atom is -0.508 e. The molecule has 0 spiro atoms. The van der Waals surface area contributed by atoms with E-state index in [4.69, 9.17) is 5.11 Å². The Morgan fingerprint density at radius 1 is 1.17 bits per heavy atom. The van der Waals surface area contributed by atoms with Crippen molar-refractivity contribution in [3.63, 3.8) is 0 Å². The molecular weight excluding hydrogens is 228 g/mol. The summed E-state index contributed by atoms with van der Waals surface area (Å²) in [5.74, 6) is 0.138. The highest BCUT2D eigenvalue weighted by atomic mass is 16.3. The van der Waals surface area contributed by atoms with Gasteiger partial charge >= 0.3 is 0 Å². The molecule has 0 saturated carbocycles. The summed E-state index contributed by atoms with van der Waals surface area (Å²) in [6.45, 7) is 0.428. The first-order chi connectivity index (χ1) is 8.74. The first-order valence-corrected chi connectivity index (χ1v) is 5.68. The number of carbonyl (C=O) groups excluding carboxylic acids is 1. The molecule has 0 bridgehead atoms. The number of phenolic OH excluding ortho intramolecular Hbond substituents is 1. The Morgan fingerprint density at radius 2 is 1.94 bits per heavy atom. The van der Waals surface area contributed by atoms with E-state index in [1.54, 1.807) is 30.5 Å². The molecule has 0 aliphatic heterocycles. The minimum absolute atomic E-state index is 0.0636. The summed E-state index contributed by atoms with van der Waals surface area (Å²) in [5, 5.41) is 11.9. The molecule has 0 atom stereocenters. The van der Waals surface area contributed by atoms with Gasteiger partial charge in [0, 0.05) is 6.20 Å². The van der Waals surface area contributed by atoms with Crippen molar-refractivity contribution >= 4 is 5.91 Å². The molecule has 0 unspecified atom stereocenters. The first-order valence-electron chi connectivity index (χ1n) is 5.68. The van der Waals surface area contributed by atoms with Crippen LogP contribution in [0.25, 0.3) is 0 Å². The average Bonchev–Trinajstić information content (AvgIpc) is 2.40. The topological polar surface area (TPSA) is 62.2 Å². The zero-order chi connectivity index (χ0) is 12.8. The number of phenols is 1. The summed E-state index contributed by atoms with van der Waals surface area (Å²) in [7, 11) is 0. The Bertz CT molecular complexity index is 509. The highest BCUT2D eigenvalue weighted by molar-refractivity contribution is 5.78. The smallest absolute Gasteiger partial charge is 0.224 e. The van der Waals surface area contributed by atoms with Gasteiger partial charge in [-0.2, -0.15) is 0 Å². The van der Waals surface area contributed by atoms with Crippen LogP contribution in [0.15, 0.2) is 48.7 Å². The van der Waals surface area contributed by atoms with Crippen LogP contribution in [0.5, 0.6) is 5.75 Å². The van der Waals surface area contributed by atoms with Crippen molar-refractivity contribution in [1.82, 2.24) is 10.3 Å². The molecule has 1 amide bonds. The number of rotatable bonds is 4. The van der Waals surface area contributed by atoms with E-state index < -0.39 is 0 Å². The molecule has 92 valence electrons. The predicted octanol–water partition coefficient (Wildman–Crippen LogP) is 1.65. The van der Waals surface area contributed by atoms with Crippen molar-refractivity contribution in [2.24, 2.45) is 0 Å². The maximum absolute atomic E-state index is 11.7. The van der Waals surface area contributed by atoms with E-state index in [0.29, 0.717) is 13.0 Å². The third-order valence-electron chi connectivity index (χ3n) is 2.49. The van der Waals surface area contributed by atoms with E-state index in [-0.39, 0.29) is 11.7 Å². The molecule has 0 fully saturated rings. The Labute approximate surface area is 105 Å². The highest BCUT2D eigenvalue weighted by Crippen LogP contribution is 2.09. The maximum Gasteiger partial charge on any atom is 0.224 e. The van der Waals surface area contributed by atoms with Crippen LogP contribution in [0.4, 0.5) is 0 Å². The van der Waals surface area contributed by atoms with Gasteiger partial charge in [-0.25, -0.2) is 0 Å². The number of carbonyl (C=O) groups is 1. The molecule has 18 heavy (non-hydrogen) atoms. The molecule has 2 N–H and O–H groups in total. The van der Waals surface area contributed by atoms with Crippen LogP contribution in [0.2, 0.25) is 0 Å². The van der Waals surface area contributed by atoms with Crippen molar-refractivity contribution < 1.29 is 9.90 Å². The van der Waals surface area contributed by atoms with Crippen LogP contribution in [0, 0.1) is 0 Å². The molecule has 0 aliphatic rings. The second kappa shape index (κ2) is 5.82. The maximum atomic E-state index is 11.7. The Balaban J connectivity index is 1.84. The predicted molar refractivity (Wildman–Crippen MR) is 67.9 cm³/mol. The molecule has 1 aromatic carbocycles. The normalized spacial score (nSPS) is 10.0. The van der Waals surface area contributed by atoms with Crippen LogP contribution >= 0.6 is 0 Å². The number of benzene rings is 1. The second-order valence-corrected chi connectivity index (χ2v) is 3.94. The fourth-order valence-electron chi connectivity index (χ4n) is 1.55. The van der Waals surface area contributed by atoms with Crippen molar-refractivity contribution in [3.8, 4) is 5.75 Å². The van der Waals surface area contributed by atoms with Crippen molar-refractivity contribution in [2.45, 2.75) is 13.0 Å². The monoisotopic (exact) mass is 242 g/mol. The Kier molecular flexibility index (Phi) is 3.91. The van der Waals surface area contributed by atoms with E-state index in [1.807, 2.05) is 18.2 Å².